The molecule has 0 aromatic carbocycles. The van der Waals surface area contributed by atoms with Crippen molar-refractivity contribution in [3.8, 4) is 0 Å². The maximum Gasteiger partial charge on any atom is 1.00 e. The monoisotopic (exact) mass is 380 g/mol. The number of hydrogen-bond donors (Lipinski definition) is 1. The zero-order valence-electron chi connectivity index (χ0n) is 15.5. The molecule has 0 aromatic rings. The molecule has 7 nitrogen and oxygen atoms in total. The minimum absolute atomic E-state index is 0. The third-order valence-electron chi connectivity index (χ3n) is 4.60. The van der Waals surface area contributed by atoms with Crippen LogP contribution in [0.3, 0.4) is 0 Å². The largest absolute Gasteiger partial charge is 1.00 e. The first-order valence-electron chi connectivity index (χ1n) is 8.35. The van der Waals surface area contributed by atoms with Crippen molar-refractivity contribution in [3.05, 3.63) is 0 Å². The van der Waals surface area contributed by atoms with Crippen molar-refractivity contribution in [1.29, 1.82) is 0 Å². The molecule has 0 spiro atoms. The average molecular weight is 380 g/mol. The van der Waals surface area contributed by atoms with Crippen LogP contribution in [0.5, 0.6) is 0 Å². The number of thioether (sulfide) groups is 1. The third-order valence-corrected chi connectivity index (χ3v) is 6.19. The molecule has 0 saturated carbocycles. The van der Waals surface area contributed by atoms with Crippen molar-refractivity contribution in [2.24, 2.45) is 5.92 Å². The fraction of sp³-hybridized carbons (Fsp3) is 0.812. The second-order valence-electron chi connectivity index (χ2n) is 6.87. The normalized spacial score (nSPS) is 27.8. The zero-order chi connectivity index (χ0) is 18.2. The van der Waals surface area contributed by atoms with Crippen LogP contribution in [-0.2, 0) is 14.4 Å². The van der Waals surface area contributed by atoms with E-state index in [4.69, 9.17) is 0 Å². The second kappa shape index (κ2) is 8.61. The molecular formula is C16H25N2NaO5S. The number of nitrogens with zero attached hydrogens (tertiary/aromatic N) is 2. The molecule has 9 heteroatoms. The summed E-state index contributed by atoms with van der Waals surface area (Å²) < 4.78 is -0.719. The van der Waals surface area contributed by atoms with Gasteiger partial charge in [0.2, 0.25) is 5.91 Å². The number of amides is 2. The molecule has 2 rings (SSSR count). The van der Waals surface area contributed by atoms with E-state index in [-0.39, 0.29) is 29.6 Å². The Hall–Kier alpha value is -0.280. The Kier molecular flexibility index (Phi) is 7.83. The van der Waals surface area contributed by atoms with E-state index in [1.807, 2.05) is 13.8 Å². The van der Waals surface area contributed by atoms with E-state index in [9.17, 15) is 24.6 Å². The molecule has 2 aliphatic rings. The molecular weight excluding hydrogens is 355 g/mol. The Labute approximate surface area is 174 Å². The predicted octanol–water partition coefficient (Wildman–Crippen LogP) is -3.57. The fourth-order valence-corrected chi connectivity index (χ4v) is 5.24. The summed E-state index contributed by atoms with van der Waals surface area (Å²) in [6.45, 7) is 8.40. The molecule has 2 fully saturated rings. The molecule has 2 saturated heterocycles. The molecule has 136 valence electrons. The van der Waals surface area contributed by atoms with Crippen molar-refractivity contribution in [2.75, 3.05) is 13.1 Å². The van der Waals surface area contributed by atoms with Crippen LogP contribution >= 0.6 is 11.8 Å². The summed E-state index contributed by atoms with van der Waals surface area (Å²) in [6, 6.07) is -1.04. The van der Waals surface area contributed by atoms with Crippen LogP contribution in [0.25, 0.3) is 0 Å². The van der Waals surface area contributed by atoms with Gasteiger partial charge in [0.25, 0.3) is 5.91 Å². The Morgan fingerprint density at radius 1 is 1.32 bits per heavy atom. The topological polar surface area (TPSA) is 101 Å². The van der Waals surface area contributed by atoms with E-state index < -0.39 is 46.0 Å². The molecule has 4 atom stereocenters. The van der Waals surface area contributed by atoms with Crippen molar-refractivity contribution in [3.63, 3.8) is 0 Å². The smallest absolute Gasteiger partial charge is 0.548 e. The van der Waals surface area contributed by atoms with Gasteiger partial charge in [-0.1, -0.05) is 13.8 Å². The Morgan fingerprint density at radius 2 is 1.84 bits per heavy atom. The van der Waals surface area contributed by atoms with Crippen LogP contribution in [0, 0.1) is 5.92 Å². The molecule has 0 aromatic heterocycles. The summed E-state index contributed by atoms with van der Waals surface area (Å²) >= 11 is 1.30. The number of carboxylic acid groups (broad SMARTS) is 1. The van der Waals surface area contributed by atoms with Crippen LogP contribution in [0.4, 0.5) is 0 Å². The van der Waals surface area contributed by atoms with E-state index in [0.717, 1.165) is 12.8 Å². The zero-order valence-corrected chi connectivity index (χ0v) is 18.3. The maximum absolute atomic E-state index is 12.5. The first-order chi connectivity index (χ1) is 11.2. The first kappa shape index (κ1) is 22.8. The number of carbonyl (C=O) groups is 3. The van der Waals surface area contributed by atoms with Crippen LogP contribution in [-0.4, -0.2) is 68.0 Å². The van der Waals surface area contributed by atoms with Crippen LogP contribution < -0.4 is 34.7 Å². The Balaban J connectivity index is 0.00000312. The van der Waals surface area contributed by atoms with Crippen LogP contribution in [0.2, 0.25) is 0 Å². The summed E-state index contributed by atoms with van der Waals surface area (Å²) in [7, 11) is 0. The minimum atomic E-state index is -1.43. The number of aliphatic hydroxyl groups excluding tert-OH is 1. The molecule has 25 heavy (non-hydrogen) atoms. The summed E-state index contributed by atoms with van der Waals surface area (Å²) in [5.74, 6) is -3.13. The molecule has 2 heterocycles. The van der Waals surface area contributed by atoms with Crippen molar-refractivity contribution in [1.82, 2.24) is 9.80 Å². The van der Waals surface area contributed by atoms with Crippen LogP contribution in [0.1, 0.15) is 40.5 Å². The number of carbonyl (C=O) groups excluding carboxylic acids is 3. The number of carboxylic acids is 1. The molecule has 1 N–H and O–H groups in total. The van der Waals surface area contributed by atoms with Crippen molar-refractivity contribution >= 4 is 29.5 Å². The summed E-state index contributed by atoms with van der Waals surface area (Å²) in [6.07, 6.45) is 0.100. The molecule has 0 radical (unpaired) electrons. The van der Waals surface area contributed by atoms with Gasteiger partial charge in [-0.2, -0.15) is 0 Å². The van der Waals surface area contributed by atoms with Gasteiger partial charge in [-0.05, 0) is 26.7 Å². The standard InChI is InChI=1S/C16H26N2O5S.Na/c1-5-7-17(8-6-2)13(21)10(19)9-12(20)18-11(15(22)23)16(3,4)24-14(9)18;/h9-11,14,19H,5-8H2,1-4H3,(H,22,23);/q;+1/p-1/t9-,10+,11+,14-;/m1./s1. The minimum Gasteiger partial charge on any atom is -0.548 e. The van der Waals surface area contributed by atoms with Gasteiger partial charge < -0.3 is 24.8 Å². The van der Waals surface area contributed by atoms with E-state index in [1.54, 1.807) is 18.7 Å². The Morgan fingerprint density at radius 3 is 2.28 bits per heavy atom. The number of aliphatic carboxylic acids is 1. The average Bonchev–Trinajstić information content (AvgIpc) is 2.74. The van der Waals surface area contributed by atoms with E-state index in [1.165, 1.54) is 16.7 Å². The predicted molar refractivity (Wildman–Crippen MR) is 87.8 cm³/mol. The number of β-lactam (4-membered cyclic amide) rings is 1. The number of hydrogen-bond acceptors (Lipinski definition) is 6. The molecule has 2 amide bonds. The van der Waals surface area contributed by atoms with E-state index in [0.29, 0.717) is 13.1 Å². The van der Waals surface area contributed by atoms with E-state index >= 15 is 0 Å². The van der Waals surface area contributed by atoms with E-state index in [2.05, 4.69) is 0 Å². The number of rotatable bonds is 7. The Bertz CT molecular complexity index is 539. The van der Waals surface area contributed by atoms with Gasteiger partial charge in [0, 0.05) is 17.8 Å². The quantitative estimate of drug-likeness (QED) is 0.362. The third kappa shape index (κ3) is 4.03. The first-order valence-corrected chi connectivity index (χ1v) is 9.23. The van der Waals surface area contributed by atoms with Gasteiger partial charge in [-0.3, -0.25) is 9.59 Å². The van der Waals surface area contributed by atoms with Crippen LogP contribution in [0.15, 0.2) is 0 Å². The summed E-state index contributed by atoms with van der Waals surface area (Å²) in [5.41, 5.74) is 0. The van der Waals surface area contributed by atoms with Gasteiger partial charge in [-0.15, -0.1) is 11.8 Å². The SMILES string of the molecule is CCCN(CCC)C(=O)[C@@H](O)[C@@H]1C(=O)N2[C@@H]1SC(C)(C)[C@@H]2C(=O)[O-].[Na+]. The van der Waals surface area contributed by atoms with Gasteiger partial charge in [0.1, 0.15) is 12.0 Å². The maximum atomic E-state index is 12.5. The summed E-state index contributed by atoms with van der Waals surface area (Å²) in [5, 5.41) is 21.3. The van der Waals surface area contributed by atoms with Crippen molar-refractivity contribution in [2.45, 2.75) is 62.8 Å². The summed E-state index contributed by atoms with van der Waals surface area (Å²) in [4.78, 5) is 39.2. The number of fused-ring (bicyclic) bond motifs is 1. The molecule has 0 unspecified atom stereocenters. The van der Waals surface area contributed by atoms with Gasteiger partial charge in [0.05, 0.1) is 17.4 Å². The number of aliphatic hydroxyl groups is 1. The van der Waals surface area contributed by atoms with Gasteiger partial charge >= 0.3 is 29.6 Å². The second-order valence-corrected chi connectivity index (χ2v) is 8.65. The van der Waals surface area contributed by atoms with Gasteiger partial charge in [0.15, 0.2) is 0 Å². The van der Waals surface area contributed by atoms with Gasteiger partial charge in [-0.25, -0.2) is 0 Å². The molecule has 0 aliphatic carbocycles. The fourth-order valence-electron chi connectivity index (χ4n) is 3.53. The van der Waals surface area contributed by atoms with Crippen molar-refractivity contribution < 1.29 is 54.2 Å². The molecule has 0 bridgehead atoms. The molecule has 2 aliphatic heterocycles.